The van der Waals surface area contributed by atoms with Gasteiger partial charge in [-0.1, -0.05) is 6.07 Å². The number of fused-ring (bicyclic) bond motifs is 1. The van der Waals surface area contributed by atoms with Gasteiger partial charge in [-0.25, -0.2) is 15.0 Å². The lowest BCUT2D eigenvalue weighted by molar-refractivity contribution is 0.100. The molecular formula is C16H17N7O. The number of amides is 1. The van der Waals surface area contributed by atoms with Gasteiger partial charge < -0.3 is 20.5 Å². The number of anilines is 2. The van der Waals surface area contributed by atoms with Crippen molar-refractivity contribution in [2.45, 2.75) is 0 Å². The first-order valence-corrected chi connectivity index (χ1v) is 7.77. The molecule has 0 atom stereocenters. The Kier molecular flexibility index (Phi) is 3.49. The predicted molar refractivity (Wildman–Crippen MR) is 91.1 cm³/mol. The minimum atomic E-state index is -0.466. The third kappa shape index (κ3) is 2.51. The van der Waals surface area contributed by atoms with Crippen LogP contribution in [0.25, 0.3) is 11.0 Å². The molecule has 3 N–H and O–H groups in total. The highest BCUT2D eigenvalue weighted by Crippen LogP contribution is 2.22. The van der Waals surface area contributed by atoms with Gasteiger partial charge in [0.05, 0.1) is 11.1 Å². The van der Waals surface area contributed by atoms with E-state index in [1.54, 1.807) is 24.7 Å². The van der Waals surface area contributed by atoms with E-state index in [-0.39, 0.29) is 0 Å². The van der Waals surface area contributed by atoms with Crippen LogP contribution in [0.15, 0.2) is 36.8 Å². The van der Waals surface area contributed by atoms with Crippen LogP contribution in [-0.2, 0) is 0 Å². The first kappa shape index (κ1) is 14.4. The van der Waals surface area contributed by atoms with Gasteiger partial charge >= 0.3 is 0 Å². The van der Waals surface area contributed by atoms with Gasteiger partial charge in [0.25, 0.3) is 5.91 Å². The first-order valence-electron chi connectivity index (χ1n) is 7.77. The molecule has 3 aromatic rings. The Morgan fingerprint density at radius 3 is 2.62 bits per heavy atom. The van der Waals surface area contributed by atoms with Gasteiger partial charge in [0, 0.05) is 32.4 Å². The maximum atomic E-state index is 11.5. The van der Waals surface area contributed by atoms with Crippen LogP contribution in [0.1, 0.15) is 10.4 Å². The largest absolute Gasteiger partial charge is 0.366 e. The summed E-state index contributed by atoms with van der Waals surface area (Å²) in [6.45, 7) is 3.32. The molecule has 0 saturated carbocycles. The summed E-state index contributed by atoms with van der Waals surface area (Å²) in [5.41, 5.74) is 7.31. The molecule has 1 aliphatic rings. The molecule has 0 unspecified atom stereocenters. The van der Waals surface area contributed by atoms with Crippen LogP contribution >= 0.6 is 0 Å². The summed E-state index contributed by atoms with van der Waals surface area (Å²) < 4.78 is 0. The number of nitrogens with zero attached hydrogens (tertiary/aromatic N) is 5. The lowest BCUT2D eigenvalue weighted by Crippen LogP contribution is -2.47. The average Bonchev–Trinajstić information content (AvgIpc) is 3.06. The van der Waals surface area contributed by atoms with Gasteiger partial charge in [-0.05, 0) is 18.2 Å². The molecule has 4 rings (SSSR count). The van der Waals surface area contributed by atoms with Gasteiger partial charge in [-0.3, -0.25) is 4.79 Å². The van der Waals surface area contributed by atoms with Crippen LogP contribution in [0, 0.1) is 0 Å². The quantitative estimate of drug-likeness (QED) is 0.738. The molecule has 8 nitrogen and oxygen atoms in total. The normalized spacial score (nSPS) is 15.0. The van der Waals surface area contributed by atoms with Gasteiger partial charge in [0.2, 0.25) is 5.95 Å². The third-order valence-corrected chi connectivity index (χ3v) is 4.24. The standard InChI is InChI=1S/C16H17N7O/c17-15(24)11-2-1-3-12-14(11)21-16(20-12)23-8-6-22(7-9-23)13-4-5-18-10-19-13/h1-5,10H,6-9H2,(H2,17,24)(H,20,21). The summed E-state index contributed by atoms with van der Waals surface area (Å²) in [6.07, 6.45) is 3.31. The Hall–Kier alpha value is -3.16. The maximum absolute atomic E-state index is 11.5. The van der Waals surface area contributed by atoms with Crippen LogP contribution in [0.4, 0.5) is 11.8 Å². The third-order valence-electron chi connectivity index (χ3n) is 4.24. The van der Waals surface area contributed by atoms with Crippen molar-refractivity contribution in [3.05, 3.63) is 42.4 Å². The van der Waals surface area contributed by atoms with E-state index < -0.39 is 5.91 Å². The number of carbonyl (C=O) groups is 1. The molecule has 0 radical (unpaired) electrons. The second-order valence-electron chi connectivity index (χ2n) is 5.67. The fourth-order valence-corrected chi connectivity index (χ4v) is 2.99. The number of hydrogen-bond acceptors (Lipinski definition) is 6. The SMILES string of the molecule is NC(=O)c1cccc2[nH]c(N3CCN(c4ccncn4)CC3)nc12. The Labute approximate surface area is 138 Å². The zero-order valence-electron chi connectivity index (χ0n) is 13.0. The zero-order chi connectivity index (χ0) is 16.5. The summed E-state index contributed by atoms with van der Waals surface area (Å²) >= 11 is 0. The minimum absolute atomic E-state index is 0.439. The van der Waals surface area contributed by atoms with Crippen LogP contribution in [0.3, 0.4) is 0 Å². The van der Waals surface area contributed by atoms with Crippen LogP contribution < -0.4 is 15.5 Å². The van der Waals surface area contributed by atoms with E-state index in [2.05, 4.69) is 29.7 Å². The minimum Gasteiger partial charge on any atom is -0.366 e. The van der Waals surface area contributed by atoms with Crippen LogP contribution in [0.2, 0.25) is 0 Å². The van der Waals surface area contributed by atoms with Crippen molar-refractivity contribution in [3.8, 4) is 0 Å². The van der Waals surface area contributed by atoms with E-state index in [9.17, 15) is 4.79 Å². The van der Waals surface area contributed by atoms with Crippen molar-refractivity contribution in [1.29, 1.82) is 0 Å². The molecule has 1 amide bonds. The van der Waals surface area contributed by atoms with Gasteiger partial charge in [0.15, 0.2) is 0 Å². The Morgan fingerprint density at radius 1 is 1.12 bits per heavy atom. The van der Waals surface area contributed by atoms with Gasteiger partial charge in [0.1, 0.15) is 17.7 Å². The zero-order valence-corrected chi connectivity index (χ0v) is 13.0. The molecule has 0 bridgehead atoms. The molecule has 1 aliphatic heterocycles. The van der Waals surface area contributed by atoms with Crippen molar-refractivity contribution >= 4 is 28.7 Å². The molecule has 0 spiro atoms. The molecular weight excluding hydrogens is 306 g/mol. The number of aromatic amines is 1. The smallest absolute Gasteiger partial charge is 0.250 e. The fraction of sp³-hybridized carbons (Fsp3) is 0.250. The Balaban J connectivity index is 1.55. The summed E-state index contributed by atoms with van der Waals surface area (Å²) in [4.78, 5) is 32.0. The Morgan fingerprint density at radius 2 is 1.92 bits per heavy atom. The van der Waals surface area contributed by atoms with Gasteiger partial charge in [-0.15, -0.1) is 0 Å². The van der Waals surface area contributed by atoms with E-state index in [1.807, 2.05) is 12.1 Å². The van der Waals surface area contributed by atoms with Gasteiger partial charge in [-0.2, -0.15) is 0 Å². The number of nitrogens with two attached hydrogens (primary N) is 1. The van der Waals surface area contributed by atoms with Crippen LogP contribution in [-0.4, -0.2) is 52.0 Å². The number of para-hydroxylation sites is 1. The van der Waals surface area contributed by atoms with Crippen molar-refractivity contribution in [3.63, 3.8) is 0 Å². The molecule has 1 aromatic carbocycles. The molecule has 8 heteroatoms. The molecule has 1 fully saturated rings. The summed E-state index contributed by atoms with van der Waals surface area (Å²) in [6, 6.07) is 7.31. The molecule has 3 heterocycles. The summed E-state index contributed by atoms with van der Waals surface area (Å²) in [7, 11) is 0. The number of imidazole rings is 1. The lowest BCUT2D eigenvalue weighted by atomic mass is 10.2. The highest BCUT2D eigenvalue weighted by atomic mass is 16.1. The number of H-pyrrole nitrogens is 1. The number of carbonyl (C=O) groups excluding carboxylic acids is 1. The predicted octanol–water partition coefficient (Wildman–Crippen LogP) is 0.778. The number of rotatable bonds is 3. The number of hydrogen-bond donors (Lipinski definition) is 2. The maximum Gasteiger partial charge on any atom is 0.250 e. The highest BCUT2D eigenvalue weighted by molar-refractivity contribution is 6.04. The second-order valence-corrected chi connectivity index (χ2v) is 5.67. The molecule has 0 aliphatic carbocycles. The second kappa shape index (κ2) is 5.80. The first-order chi connectivity index (χ1) is 11.7. The molecule has 2 aromatic heterocycles. The van der Waals surface area contributed by atoms with Crippen molar-refractivity contribution < 1.29 is 4.79 Å². The van der Waals surface area contributed by atoms with E-state index >= 15 is 0 Å². The highest BCUT2D eigenvalue weighted by Gasteiger charge is 2.21. The Bertz CT molecular complexity index is 869. The fourth-order valence-electron chi connectivity index (χ4n) is 2.99. The number of piperazine rings is 1. The topological polar surface area (TPSA) is 104 Å². The van der Waals surface area contributed by atoms with E-state index in [1.165, 1.54) is 0 Å². The number of primary amides is 1. The summed E-state index contributed by atoms with van der Waals surface area (Å²) in [5, 5.41) is 0. The molecule has 24 heavy (non-hydrogen) atoms. The van der Waals surface area contributed by atoms with E-state index in [4.69, 9.17) is 5.73 Å². The van der Waals surface area contributed by atoms with E-state index in [0.29, 0.717) is 11.1 Å². The van der Waals surface area contributed by atoms with Crippen molar-refractivity contribution in [1.82, 2.24) is 19.9 Å². The lowest BCUT2D eigenvalue weighted by Gasteiger charge is -2.35. The molecule has 1 saturated heterocycles. The number of nitrogens with one attached hydrogen (secondary N) is 1. The average molecular weight is 323 g/mol. The van der Waals surface area contributed by atoms with Crippen molar-refractivity contribution in [2.75, 3.05) is 36.0 Å². The van der Waals surface area contributed by atoms with Crippen molar-refractivity contribution in [2.24, 2.45) is 5.73 Å². The molecule has 122 valence electrons. The number of aromatic nitrogens is 4. The van der Waals surface area contributed by atoms with Crippen LogP contribution in [0.5, 0.6) is 0 Å². The number of benzene rings is 1. The van der Waals surface area contributed by atoms with E-state index in [0.717, 1.165) is 43.5 Å². The summed E-state index contributed by atoms with van der Waals surface area (Å²) in [5.74, 6) is 1.23. The monoisotopic (exact) mass is 323 g/mol.